The molecular formula is C17H19BrN2S. The van der Waals surface area contributed by atoms with Crippen molar-refractivity contribution >= 4 is 38.9 Å². The molecule has 4 heteroatoms. The van der Waals surface area contributed by atoms with Gasteiger partial charge in [-0.25, -0.2) is 0 Å². The van der Waals surface area contributed by atoms with Gasteiger partial charge in [0.15, 0.2) is 5.11 Å². The zero-order valence-corrected chi connectivity index (χ0v) is 14.6. The Morgan fingerprint density at radius 2 is 1.86 bits per heavy atom. The third-order valence-corrected chi connectivity index (χ3v) is 3.99. The minimum absolute atomic E-state index is 0.331. The van der Waals surface area contributed by atoms with Crippen LogP contribution in [-0.4, -0.2) is 16.1 Å². The number of hydrogen-bond donors (Lipinski definition) is 1. The van der Waals surface area contributed by atoms with Gasteiger partial charge in [-0.1, -0.05) is 52.3 Å². The molecule has 0 bridgehead atoms. The highest BCUT2D eigenvalue weighted by Gasteiger charge is 2.14. The summed E-state index contributed by atoms with van der Waals surface area (Å²) in [6.45, 7) is 5.11. The molecule has 2 aromatic rings. The van der Waals surface area contributed by atoms with Crippen LogP contribution in [-0.2, 0) is 6.54 Å². The van der Waals surface area contributed by atoms with Crippen molar-refractivity contribution in [1.82, 2.24) is 4.90 Å². The second-order valence-corrected chi connectivity index (χ2v) is 6.45. The minimum atomic E-state index is 0.331. The van der Waals surface area contributed by atoms with Gasteiger partial charge in [0, 0.05) is 22.7 Å². The SMILES string of the molecule is CC(C)N(Cc1ccccc1)C(=S)Nc1cccc(Br)c1. The summed E-state index contributed by atoms with van der Waals surface area (Å²) in [5.74, 6) is 0. The predicted molar refractivity (Wildman–Crippen MR) is 97.5 cm³/mol. The molecular weight excluding hydrogens is 344 g/mol. The smallest absolute Gasteiger partial charge is 0.173 e. The lowest BCUT2D eigenvalue weighted by atomic mass is 10.2. The van der Waals surface area contributed by atoms with Crippen molar-refractivity contribution in [1.29, 1.82) is 0 Å². The largest absolute Gasteiger partial charge is 0.342 e. The average Bonchev–Trinajstić information content (AvgIpc) is 2.45. The van der Waals surface area contributed by atoms with E-state index in [-0.39, 0.29) is 0 Å². The van der Waals surface area contributed by atoms with Crippen LogP contribution >= 0.6 is 28.1 Å². The van der Waals surface area contributed by atoms with Crippen LogP contribution in [0.1, 0.15) is 19.4 Å². The third-order valence-electron chi connectivity index (χ3n) is 3.16. The average molecular weight is 363 g/mol. The van der Waals surface area contributed by atoms with Crippen molar-refractivity contribution in [3.05, 3.63) is 64.6 Å². The highest BCUT2D eigenvalue weighted by Crippen LogP contribution is 2.17. The number of anilines is 1. The molecule has 1 N–H and O–H groups in total. The van der Waals surface area contributed by atoms with Gasteiger partial charge in [-0.15, -0.1) is 0 Å². The first-order chi connectivity index (χ1) is 10.1. The van der Waals surface area contributed by atoms with Crippen LogP contribution < -0.4 is 5.32 Å². The fraction of sp³-hybridized carbons (Fsp3) is 0.235. The number of hydrogen-bond acceptors (Lipinski definition) is 1. The van der Waals surface area contributed by atoms with Crippen LogP contribution in [0.15, 0.2) is 59.1 Å². The van der Waals surface area contributed by atoms with Gasteiger partial charge < -0.3 is 10.2 Å². The molecule has 0 unspecified atom stereocenters. The van der Waals surface area contributed by atoms with Gasteiger partial charge in [0.25, 0.3) is 0 Å². The first-order valence-electron chi connectivity index (χ1n) is 6.93. The Labute approximate surface area is 140 Å². The molecule has 0 aliphatic carbocycles. The first-order valence-corrected chi connectivity index (χ1v) is 8.13. The van der Waals surface area contributed by atoms with Gasteiger partial charge >= 0.3 is 0 Å². The quantitative estimate of drug-likeness (QED) is 0.765. The van der Waals surface area contributed by atoms with Crippen molar-refractivity contribution < 1.29 is 0 Å². The zero-order chi connectivity index (χ0) is 15.2. The summed E-state index contributed by atoms with van der Waals surface area (Å²) in [4.78, 5) is 2.19. The molecule has 0 amide bonds. The Morgan fingerprint density at radius 1 is 1.14 bits per heavy atom. The highest BCUT2D eigenvalue weighted by atomic mass is 79.9. The number of rotatable bonds is 4. The third kappa shape index (κ3) is 4.83. The van der Waals surface area contributed by atoms with Gasteiger partial charge in [-0.2, -0.15) is 0 Å². The molecule has 0 spiro atoms. The minimum Gasteiger partial charge on any atom is -0.342 e. The van der Waals surface area contributed by atoms with E-state index in [2.05, 4.69) is 64.3 Å². The van der Waals surface area contributed by atoms with E-state index in [1.54, 1.807) is 0 Å². The molecule has 0 fully saturated rings. The van der Waals surface area contributed by atoms with E-state index in [9.17, 15) is 0 Å². The standard InChI is InChI=1S/C17H19BrN2S/c1-13(2)20(12-14-7-4-3-5-8-14)17(21)19-16-10-6-9-15(18)11-16/h3-11,13H,12H2,1-2H3,(H,19,21). The van der Waals surface area contributed by atoms with Crippen molar-refractivity contribution in [3.8, 4) is 0 Å². The molecule has 0 saturated heterocycles. The van der Waals surface area contributed by atoms with Crippen LogP contribution in [0.25, 0.3) is 0 Å². The molecule has 0 saturated carbocycles. The maximum atomic E-state index is 5.58. The van der Waals surface area contributed by atoms with Crippen LogP contribution in [0.2, 0.25) is 0 Å². The summed E-state index contributed by atoms with van der Waals surface area (Å²) >= 11 is 9.05. The monoisotopic (exact) mass is 362 g/mol. The predicted octanol–water partition coefficient (Wildman–Crippen LogP) is 5.06. The number of nitrogens with one attached hydrogen (secondary N) is 1. The number of thiocarbonyl (C=S) groups is 1. The maximum absolute atomic E-state index is 5.58. The lowest BCUT2D eigenvalue weighted by Gasteiger charge is -2.30. The molecule has 0 aromatic heterocycles. The summed E-state index contributed by atoms with van der Waals surface area (Å²) in [6.07, 6.45) is 0. The molecule has 2 nitrogen and oxygen atoms in total. The topological polar surface area (TPSA) is 15.3 Å². The van der Waals surface area contributed by atoms with E-state index in [1.807, 2.05) is 30.3 Å². The highest BCUT2D eigenvalue weighted by molar-refractivity contribution is 9.10. The summed E-state index contributed by atoms with van der Waals surface area (Å²) < 4.78 is 1.04. The van der Waals surface area contributed by atoms with Crippen LogP contribution in [0, 0.1) is 0 Å². The molecule has 0 radical (unpaired) electrons. The van der Waals surface area contributed by atoms with Crippen molar-refractivity contribution in [3.63, 3.8) is 0 Å². The molecule has 0 atom stereocenters. The zero-order valence-electron chi connectivity index (χ0n) is 12.2. The number of nitrogens with zero attached hydrogens (tertiary/aromatic N) is 1. The molecule has 0 aliphatic rings. The van der Waals surface area contributed by atoms with Crippen LogP contribution in [0.5, 0.6) is 0 Å². The van der Waals surface area contributed by atoms with Gasteiger partial charge in [0.05, 0.1) is 0 Å². The van der Waals surface area contributed by atoms with E-state index in [1.165, 1.54) is 5.56 Å². The van der Waals surface area contributed by atoms with Crippen molar-refractivity contribution in [2.24, 2.45) is 0 Å². The van der Waals surface area contributed by atoms with Gasteiger partial charge in [0.1, 0.15) is 0 Å². The summed E-state index contributed by atoms with van der Waals surface area (Å²) in [5.41, 5.74) is 2.25. The number of halogens is 1. The molecule has 0 aliphatic heterocycles. The molecule has 110 valence electrons. The Balaban J connectivity index is 2.09. The lowest BCUT2D eigenvalue weighted by Crippen LogP contribution is -2.39. The van der Waals surface area contributed by atoms with E-state index in [0.29, 0.717) is 6.04 Å². The van der Waals surface area contributed by atoms with Crippen molar-refractivity contribution in [2.75, 3.05) is 5.32 Å². The Bertz CT molecular complexity index is 599. The Kier molecular flexibility index (Phi) is 5.76. The van der Waals surface area contributed by atoms with Gasteiger partial charge in [0.2, 0.25) is 0 Å². The first kappa shape index (κ1) is 16.0. The summed E-state index contributed by atoms with van der Waals surface area (Å²) in [6, 6.07) is 18.7. The van der Waals surface area contributed by atoms with Gasteiger partial charge in [-0.3, -0.25) is 0 Å². The molecule has 21 heavy (non-hydrogen) atoms. The Hall–Kier alpha value is -1.39. The Morgan fingerprint density at radius 3 is 2.48 bits per heavy atom. The van der Waals surface area contributed by atoms with Crippen molar-refractivity contribution in [2.45, 2.75) is 26.4 Å². The molecule has 0 heterocycles. The molecule has 2 aromatic carbocycles. The summed E-state index contributed by atoms with van der Waals surface area (Å²) in [5, 5.41) is 4.05. The fourth-order valence-electron chi connectivity index (χ4n) is 2.03. The normalized spacial score (nSPS) is 10.5. The maximum Gasteiger partial charge on any atom is 0.173 e. The van der Waals surface area contributed by atoms with E-state index < -0.39 is 0 Å². The van der Waals surface area contributed by atoms with E-state index in [4.69, 9.17) is 12.2 Å². The summed E-state index contributed by atoms with van der Waals surface area (Å²) in [7, 11) is 0. The van der Waals surface area contributed by atoms with E-state index >= 15 is 0 Å². The van der Waals surface area contributed by atoms with E-state index in [0.717, 1.165) is 21.8 Å². The lowest BCUT2D eigenvalue weighted by molar-refractivity contribution is 0.348. The van der Waals surface area contributed by atoms with Crippen LogP contribution in [0.4, 0.5) is 5.69 Å². The van der Waals surface area contributed by atoms with Gasteiger partial charge in [-0.05, 0) is 49.8 Å². The second-order valence-electron chi connectivity index (χ2n) is 5.15. The fourth-order valence-corrected chi connectivity index (χ4v) is 2.82. The molecule has 2 rings (SSSR count). The second kappa shape index (κ2) is 7.57. The van der Waals surface area contributed by atoms with Crippen LogP contribution in [0.3, 0.4) is 0 Å². The number of benzene rings is 2.